The number of carbonyl (C=O) groups is 2. The molecule has 0 atom stereocenters. The van der Waals surface area contributed by atoms with Crippen LogP contribution < -0.4 is 10.6 Å². The van der Waals surface area contributed by atoms with Crippen molar-refractivity contribution in [2.75, 3.05) is 25.5 Å². The molecule has 194 valence electrons. The number of halogens is 3. The molecule has 1 aromatic heterocycles. The van der Waals surface area contributed by atoms with Gasteiger partial charge in [0.2, 0.25) is 5.91 Å². The Balaban J connectivity index is 1.48. The molecule has 1 saturated heterocycles. The zero-order chi connectivity index (χ0) is 26.5. The highest BCUT2D eigenvalue weighted by molar-refractivity contribution is 6.30. The van der Waals surface area contributed by atoms with E-state index in [9.17, 15) is 18.4 Å². The summed E-state index contributed by atoms with van der Waals surface area (Å²) in [6.07, 6.45) is 0.774. The average molecular weight is 528 g/mol. The Labute approximate surface area is 219 Å². The van der Waals surface area contributed by atoms with Gasteiger partial charge < -0.3 is 15.5 Å². The number of aryl methyl sites for hydroxylation is 1. The lowest BCUT2D eigenvalue weighted by Gasteiger charge is -2.33. The lowest BCUT2D eigenvalue weighted by molar-refractivity contribution is -0.131. The predicted octanol–water partition coefficient (Wildman–Crippen LogP) is 4.64. The monoisotopic (exact) mass is 527 g/mol. The van der Waals surface area contributed by atoms with Crippen LogP contribution in [0.2, 0.25) is 5.02 Å². The molecule has 0 bridgehead atoms. The van der Waals surface area contributed by atoms with Gasteiger partial charge in [0.15, 0.2) is 0 Å². The van der Waals surface area contributed by atoms with Crippen LogP contribution >= 0.6 is 11.6 Å². The Morgan fingerprint density at radius 2 is 1.76 bits per heavy atom. The van der Waals surface area contributed by atoms with E-state index in [1.807, 2.05) is 12.1 Å². The van der Waals surface area contributed by atoms with E-state index in [0.29, 0.717) is 53.9 Å². The molecule has 2 N–H and O–H groups in total. The summed E-state index contributed by atoms with van der Waals surface area (Å²) in [5.74, 6) is -1.24. The number of likely N-dealkylation sites (tertiary alicyclic amines) is 1. The van der Waals surface area contributed by atoms with Gasteiger partial charge in [-0.3, -0.25) is 9.59 Å². The summed E-state index contributed by atoms with van der Waals surface area (Å²) < 4.78 is 28.0. The minimum absolute atomic E-state index is 0.0880. The molecule has 10 heteroatoms. The van der Waals surface area contributed by atoms with Gasteiger partial charge in [-0.2, -0.15) is 0 Å². The van der Waals surface area contributed by atoms with Crippen LogP contribution in [0.4, 0.5) is 14.6 Å². The number of hydrogen-bond acceptors (Lipinski definition) is 5. The molecule has 0 saturated carbocycles. The van der Waals surface area contributed by atoms with Crippen molar-refractivity contribution >= 4 is 29.2 Å². The van der Waals surface area contributed by atoms with E-state index in [0.717, 1.165) is 17.7 Å². The second-order valence-electron chi connectivity index (χ2n) is 8.97. The number of rotatable bonds is 7. The molecule has 1 aliphatic heterocycles. The van der Waals surface area contributed by atoms with Crippen LogP contribution in [0.3, 0.4) is 0 Å². The molecule has 2 heterocycles. The highest BCUT2D eigenvalue weighted by atomic mass is 35.5. The summed E-state index contributed by atoms with van der Waals surface area (Å²) in [5, 5.41) is 6.51. The maximum absolute atomic E-state index is 14.0. The lowest BCUT2D eigenvalue weighted by atomic mass is 9.89. The van der Waals surface area contributed by atoms with Gasteiger partial charge >= 0.3 is 0 Å². The molecule has 3 aromatic rings. The van der Waals surface area contributed by atoms with E-state index in [1.54, 1.807) is 31.0 Å². The molecular formula is C27H28ClF2N5O2. The molecule has 0 aliphatic carbocycles. The van der Waals surface area contributed by atoms with Crippen molar-refractivity contribution in [1.82, 2.24) is 20.2 Å². The maximum atomic E-state index is 14.0. The third-order valence-electron chi connectivity index (χ3n) is 6.48. The fraction of sp³-hybridized carbons (Fsp3) is 0.333. The molecule has 7 nitrogen and oxygen atoms in total. The number of benzene rings is 2. The Hall–Kier alpha value is -3.59. The number of hydrogen-bond donors (Lipinski definition) is 2. The van der Waals surface area contributed by atoms with E-state index in [-0.39, 0.29) is 36.3 Å². The van der Waals surface area contributed by atoms with Crippen molar-refractivity contribution < 1.29 is 18.4 Å². The number of aromatic nitrogens is 2. The normalized spacial score (nSPS) is 13.9. The van der Waals surface area contributed by atoms with Gasteiger partial charge in [0.1, 0.15) is 28.8 Å². The molecule has 37 heavy (non-hydrogen) atoms. The van der Waals surface area contributed by atoms with E-state index in [1.165, 1.54) is 6.07 Å². The molecule has 2 amide bonds. The first-order chi connectivity index (χ1) is 17.8. The Morgan fingerprint density at radius 1 is 1.08 bits per heavy atom. The largest absolute Gasteiger partial charge is 0.372 e. The Morgan fingerprint density at radius 3 is 2.41 bits per heavy atom. The molecule has 4 rings (SSSR count). The number of piperidine rings is 1. The SMILES string of the molecule is CNc1nc(C)nc(C2CCN(C(=O)Cc3c(F)cccc3F)CC2)c1C(=O)NCc1cccc(Cl)c1. The van der Waals surface area contributed by atoms with Gasteiger partial charge in [-0.05, 0) is 49.6 Å². The molecule has 0 unspecified atom stereocenters. The van der Waals surface area contributed by atoms with Crippen LogP contribution in [-0.2, 0) is 17.8 Å². The lowest BCUT2D eigenvalue weighted by Crippen LogP contribution is -2.39. The number of carbonyl (C=O) groups excluding carboxylic acids is 2. The Kier molecular flexibility index (Phi) is 8.33. The van der Waals surface area contributed by atoms with Gasteiger partial charge in [-0.15, -0.1) is 0 Å². The molecule has 0 radical (unpaired) electrons. The summed E-state index contributed by atoms with van der Waals surface area (Å²) in [5.41, 5.74) is 1.62. The fourth-order valence-electron chi connectivity index (χ4n) is 4.58. The fourth-order valence-corrected chi connectivity index (χ4v) is 4.79. The highest BCUT2D eigenvalue weighted by Crippen LogP contribution is 2.32. The minimum atomic E-state index is -0.729. The van der Waals surface area contributed by atoms with Gasteiger partial charge in [-0.25, -0.2) is 18.7 Å². The van der Waals surface area contributed by atoms with Crippen molar-refractivity contribution in [2.45, 2.75) is 38.6 Å². The topological polar surface area (TPSA) is 87.2 Å². The third kappa shape index (κ3) is 6.22. The molecule has 1 fully saturated rings. The van der Waals surface area contributed by atoms with Crippen LogP contribution in [0.25, 0.3) is 0 Å². The predicted molar refractivity (Wildman–Crippen MR) is 138 cm³/mol. The Bertz CT molecular complexity index is 1290. The first-order valence-electron chi connectivity index (χ1n) is 12.1. The highest BCUT2D eigenvalue weighted by Gasteiger charge is 2.30. The number of amides is 2. The number of anilines is 1. The molecule has 2 aromatic carbocycles. The van der Waals surface area contributed by atoms with E-state index in [2.05, 4.69) is 20.6 Å². The number of nitrogens with zero attached hydrogens (tertiary/aromatic N) is 3. The van der Waals surface area contributed by atoms with Gasteiger partial charge in [-0.1, -0.05) is 29.8 Å². The summed E-state index contributed by atoms with van der Waals surface area (Å²) in [7, 11) is 1.70. The zero-order valence-electron chi connectivity index (χ0n) is 20.7. The van der Waals surface area contributed by atoms with Crippen LogP contribution in [0, 0.1) is 18.6 Å². The first kappa shape index (κ1) is 26.5. The van der Waals surface area contributed by atoms with Crippen molar-refractivity contribution in [3.63, 3.8) is 0 Å². The van der Waals surface area contributed by atoms with E-state index in [4.69, 9.17) is 11.6 Å². The standard InChI is InChI=1S/C27H28ClF2N5O2/c1-16-33-25(24(26(31-2)34-16)27(37)32-15-17-5-3-6-19(28)13-17)18-9-11-35(12-10-18)23(36)14-20-21(29)7-4-8-22(20)30/h3-8,13,18H,9-12,14-15H2,1-2H3,(H,32,37)(H,31,33,34). The van der Waals surface area contributed by atoms with Crippen molar-refractivity contribution in [3.05, 3.63) is 87.3 Å². The van der Waals surface area contributed by atoms with Gasteiger partial charge in [0.25, 0.3) is 5.91 Å². The molecule has 0 spiro atoms. The second kappa shape index (κ2) is 11.6. The van der Waals surface area contributed by atoms with Crippen molar-refractivity contribution in [1.29, 1.82) is 0 Å². The van der Waals surface area contributed by atoms with Crippen LogP contribution in [0.15, 0.2) is 42.5 Å². The van der Waals surface area contributed by atoms with Crippen LogP contribution in [-0.4, -0.2) is 46.8 Å². The van der Waals surface area contributed by atoms with Gasteiger partial charge in [0, 0.05) is 43.2 Å². The van der Waals surface area contributed by atoms with Crippen LogP contribution in [0.1, 0.15) is 51.8 Å². The van der Waals surface area contributed by atoms with Gasteiger partial charge in [0.05, 0.1) is 12.1 Å². The summed E-state index contributed by atoms with van der Waals surface area (Å²) in [4.78, 5) is 36.7. The second-order valence-corrected chi connectivity index (χ2v) is 9.41. The molecular weight excluding hydrogens is 500 g/mol. The summed E-state index contributed by atoms with van der Waals surface area (Å²) in [6, 6.07) is 10.8. The van der Waals surface area contributed by atoms with E-state index < -0.39 is 11.6 Å². The first-order valence-corrected chi connectivity index (χ1v) is 12.4. The summed E-state index contributed by atoms with van der Waals surface area (Å²) in [6.45, 7) is 2.83. The molecule has 1 aliphatic rings. The quantitative estimate of drug-likeness (QED) is 0.467. The number of nitrogens with one attached hydrogen (secondary N) is 2. The van der Waals surface area contributed by atoms with E-state index >= 15 is 0 Å². The average Bonchev–Trinajstić information content (AvgIpc) is 2.89. The minimum Gasteiger partial charge on any atom is -0.372 e. The zero-order valence-corrected chi connectivity index (χ0v) is 21.4. The summed E-state index contributed by atoms with van der Waals surface area (Å²) >= 11 is 6.06. The van der Waals surface area contributed by atoms with Crippen molar-refractivity contribution in [3.8, 4) is 0 Å². The van der Waals surface area contributed by atoms with Crippen molar-refractivity contribution in [2.24, 2.45) is 0 Å². The third-order valence-corrected chi connectivity index (χ3v) is 6.71. The smallest absolute Gasteiger partial charge is 0.257 e. The maximum Gasteiger partial charge on any atom is 0.257 e. The van der Waals surface area contributed by atoms with Crippen LogP contribution in [0.5, 0.6) is 0 Å².